The first-order valence-electron chi connectivity index (χ1n) is 18.3. The third-order valence-electron chi connectivity index (χ3n) is 13.0. The van der Waals surface area contributed by atoms with Crippen LogP contribution in [0.2, 0.25) is 0 Å². The van der Waals surface area contributed by atoms with Gasteiger partial charge in [-0.05, 0) is 124 Å². The maximum absolute atomic E-state index is 13.2. The molecule has 0 aromatic heterocycles. The van der Waals surface area contributed by atoms with Crippen LogP contribution in [0, 0.1) is 59.2 Å². The van der Waals surface area contributed by atoms with E-state index in [0.717, 1.165) is 35.5 Å². The van der Waals surface area contributed by atoms with Gasteiger partial charge in [0.2, 0.25) is 11.8 Å². The largest absolute Gasteiger partial charge is 0.465 e. The van der Waals surface area contributed by atoms with E-state index in [0.29, 0.717) is 48.0 Å². The highest BCUT2D eigenvalue weighted by molar-refractivity contribution is 5.92. The van der Waals surface area contributed by atoms with Gasteiger partial charge in [0.1, 0.15) is 0 Å². The van der Waals surface area contributed by atoms with Crippen LogP contribution in [0.3, 0.4) is 0 Å². The lowest BCUT2D eigenvalue weighted by Crippen LogP contribution is -2.46. The summed E-state index contributed by atoms with van der Waals surface area (Å²) in [4.78, 5) is 55.1. The van der Waals surface area contributed by atoms with E-state index in [1.54, 1.807) is 13.8 Å². The van der Waals surface area contributed by atoms with Crippen LogP contribution in [0.25, 0.3) is 0 Å². The number of esters is 2. The minimum atomic E-state index is -0.328. The average Bonchev–Trinajstić information content (AvgIpc) is 3.85. The standard InChI is InChI=1S/C38H56N2O6/c1-23(2)15-35(41)39(13-11-36(42)45-20-27-16-25-18-33(27)31-9-5-7-29(25)31)22-40(38(44)24(3)4)14-12-37(43)46-21-28-17-26-19-34(28)32-10-6-8-30(26)32/h25-34H,1,3,5-22H2,2,4H3. The molecule has 0 aromatic rings. The van der Waals surface area contributed by atoms with Crippen molar-refractivity contribution < 1.29 is 28.7 Å². The molecular formula is C38H56N2O6. The zero-order chi connectivity index (χ0) is 32.5. The van der Waals surface area contributed by atoms with Crippen LogP contribution in [0.1, 0.15) is 97.3 Å². The Hall–Kier alpha value is -2.64. The fourth-order valence-corrected chi connectivity index (χ4v) is 11.2. The molecule has 254 valence electrons. The minimum absolute atomic E-state index is 0.0384. The molecule has 6 aliphatic carbocycles. The van der Waals surface area contributed by atoms with Gasteiger partial charge in [0, 0.05) is 25.1 Å². The van der Waals surface area contributed by atoms with Gasteiger partial charge in [0.15, 0.2) is 0 Å². The van der Waals surface area contributed by atoms with E-state index in [4.69, 9.17) is 9.47 Å². The molecule has 0 saturated heterocycles. The molecule has 6 aliphatic rings. The summed E-state index contributed by atoms with van der Waals surface area (Å²) in [5, 5.41) is 0. The summed E-state index contributed by atoms with van der Waals surface area (Å²) >= 11 is 0. The Morgan fingerprint density at radius 3 is 1.61 bits per heavy atom. The van der Waals surface area contributed by atoms with E-state index < -0.39 is 0 Å². The minimum Gasteiger partial charge on any atom is -0.465 e. The van der Waals surface area contributed by atoms with Gasteiger partial charge in [-0.1, -0.05) is 31.6 Å². The molecule has 0 spiro atoms. The van der Waals surface area contributed by atoms with E-state index in [1.165, 1.54) is 74.0 Å². The molecule has 6 fully saturated rings. The molecule has 46 heavy (non-hydrogen) atoms. The summed E-state index contributed by atoms with van der Waals surface area (Å²) < 4.78 is 11.5. The molecule has 6 rings (SSSR count). The van der Waals surface area contributed by atoms with Gasteiger partial charge in [0.05, 0.1) is 32.7 Å². The topological polar surface area (TPSA) is 93.2 Å². The van der Waals surface area contributed by atoms with E-state index >= 15 is 0 Å². The van der Waals surface area contributed by atoms with Crippen LogP contribution in [0.4, 0.5) is 0 Å². The summed E-state index contributed by atoms with van der Waals surface area (Å²) in [6.45, 7) is 12.2. The summed E-state index contributed by atoms with van der Waals surface area (Å²) in [6.07, 6.45) is 13.2. The number of carbonyl (C=O) groups is 4. The second-order valence-electron chi connectivity index (χ2n) is 16.0. The van der Waals surface area contributed by atoms with Crippen molar-refractivity contribution in [3.63, 3.8) is 0 Å². The van der Waals surface area contributed by atoms with Crippen LogP contribution >= 0.6 is 0 Å². The number of hydrogen-bond acceptors (Lipinski definition) is 6. The Morgan fingerprint density at radius 1 is 0.652 bits per heavy atom. The van der Waals surface area contributed by atoms with E-state index in [1.807, 2.05) is 0 Å². The third-order valence-corrected chi connectivity index (χ3v) is 13.0. The number of carbonyl (C=O) groups excluding carboxylic acids is 4. The Kier molecular flexibility index (Phi) is 10.3. The number of ether oxygens (including phenoxy) is 2. The van der Waals surface area contributed by atoms with Crippen LogP contribution < -0.4 is 0 Å². The number of amides is 2. The normalized spacial score (nSPS) is 34.7. The number of hydrogen-bond donors (Lipinski definition) is 0. The maximum Gasteiger partial charge on any atom is 0.307 e. The van der Waals surface area contributed by atoms with Gasteiger partial charge in [-0.15, -0.1) is 0 Å². The highest BCUT2D eigenvalue weighted by atomic mass is 16.5. The molecular weight excluding hydrogens is 580 g/mol. The van der Waals surface area contributed by atoms with Crippen molar-refractivity contribution >= 4 is 23.8 Å². The molecule has 0 aromatic carbocycles. The molecule has 8 heteroatoms. The first-order valence-corrected chi connectivity index (χ1v) is 18.3. The lowest BCUT2D eigenvalue weighted by molar-refractivity contribution is -0.147. The Morgan fingerprint density at radius 2 is 1.13 bits per heavy atom. The van der Waals surface area contributed by atoms with Crippen molar-refractivity contribution in [1.82, 2.24) is 9.80 Å². The first kappa shape index (κ1) is 33.3. The van der Waals surface area contributed by atoms with Gasteiger partial charge in [0.25, 0.3) is 0 Å². The van der Waals surface area contributed by atoms with Crippen LogP contribution in [0.5, 0.6) is 0 Å². The quantitative estimate of drug-likeness (QED) is 0.0926. The fraction of sp³-hybridized carbons (Fsp3) is 0.789. The molecule has 10 atom stereocenters. The van der Waals surface area contributed by atoms with Crippen molar-refractivity contribution in [2.75, 3.05) is 33.0 Å². The number of fused-ring (bicyclic) bond motifs is 10. The predicted octanol–water partition coefficient (Wildman–Crippen LogP) is 6.15. The first-order chi connectivity index (χ1) is 22.1. The molecule has 10 unspecified atom stereocenters. The number of nitrogens with zero attached hydrogens (tertiary/aromatic N) is 2. The van der Waals surface area contributed by atoms with Crippen LogP contribution in [-0.2, 0) is 28.7 Å². The molecule has 4 bridgehead atoms. The second-order valence-corrected chi connectivity index (χ2v) is 16.0. The summed E-state index contributed by atoms with van der Waals surface area (Å²) in [7, 11) is 0. The molecule has 0 heterocycles. The van der Waals surface area contributed by atoms with Crippen molar-refractivity contribution in [2.24, 2.45) is 59.2 Å². The molecule has 0 N–H and O–H groups in total. The van der Waals surface area contributed by atoms with Crippen molar-refractivity contribution in [1.29, 1.82) is 0 Å². The van der Waals surface area contributed by atoms with Crippen LogP contribution in [0.15, 0.2) is 24.3 Å². The summed E-state index contributed by atoms with van der Waals surface area (Å²) in [5.74, 6) is 6.19. The molecule has 0 radical (unpaired) electrons. The van der Waals surface area contributed by atoms with E-state index in [-0.39, 0.29) is 62.8 Å². The fourth-order valence-electron chi connectivity index (χ4n) is 11.2. The highest BCUT2D eigenvalue weighted by Crippen LogP contribution is 2.62. The Bertz CT molecular complexity index is 1210. The molecule has 8 nitrogen and oxygen atoms in total. The van der Waals surface area contributed by atoms with Gasteiger partial charge in [-0.25, -0.2) is 0 Å². The lowest BCUT2D eigenvalue weighted by Gasteiger charge is -2.32. The molecule has 0 aliphatic heterocycles. The third kappa shape index (κ3) is 7.11. The average molecular weight is 637 g/mol. The molecule has 2 amide bonds. The van der Waals surface area contributed by atoms with Crippen LogP contribution in [-0.4, -0.2) is 66.5 Å². The summed E-state index contributed by atoms with van der Waals surface area (Å²) in [5.41, 5.74) is 1.02. The SMILES string of the molecule is C=C(C)CC(=O)N(CCC(=O)OCC1CC2CC1C1CCCC21)CN(CCC(=O)OCC1CC2CC1C1CCCC21)C(=O)C(=C)C. The Labute approximate surface area is 275 Å². The zero-order valence-electron chi connectivity index (χ0n) is 28.3. The second kappa shape index (κ2) is 14.2. The van der Waals surface area contributed by atoms with Crippen molar-refractivity contribution in [3.05, 3.63) is 24.3 Å². The van der Waals surface area contributed by atoms with Crippen molar-refractivity contribution in [2.45, 2.75) is 97.3 Å². The van der Waals surface area contributed by atoms with Gasteiger partial charge < -0.3 is 19.3 Å². The highest BCUT2D eigenvalue weighted by Gasteiger charge is 2.55. The maximum atomic E-state index is 13.2. The molecule has 6 saturated carbocycles. The monoisotopic (exact) mass is 636 g/mol. The smallest absolute Gasteiger partial charge is 0.307 e. The van der Waals surface area contributed by atoms with Gasteiger partial charge in [-0.2, -0.15) is 0 Å². The lowest BCUT2D eigenvalue weighted by atomic mass is 9.76. The number of rotatable bonds is 15. The van der Waals surface area contributed by atoms with Crippen molar-refractivity contribution in [3.8, 4) is 0 Å². The predicted molar refractivity (Wildman–Crippen MR) is 175 cm³/mol. The Balaban J connectivity index is 0.985. The zero-order valence-corrected chi connectivity index (χ0v) is 28.3. The van der Waals surface area contributed by atoms with Gasteiger partial charge >= 0.3 is 11.9 Å². The van der Waals surface area contributed by atoms with Gasteiger partial charge in [-0.3, -0.25) is 19.2 Å². The van der Waals surface area contributed by atoms with E-state index in [9.17, 15) is 19.2 Å². The summed E-state index contributed by atoms with van der Waals surface area (Å²) in [6, 6.07) is 0. The van der Waals surface area contributed by atoms with E-state index in [2.05, 4.69) is 13.2 Å².